The van der Waals surface area contributed by atoms with E-state index in [9.17, 15) is 4.79 Å². The molecule has 0 saturated heterocycles. The summed E-state index contributed by atoms with van der Waals surface area (Å²) in [5.41, 5.74) is 0.344. The first-order valence-electron chi connectivity index (χ1n) is 6.42. The van der Waals surface area contributed by atoms with Crippen LogP contribution >= 0.6 is 11.6 Å². The minimum Gasteiger partial charge on any atom is -0.378 e. The van der Waals surface area contributed by atoms with Gasteiger partial charge in [-0.3, -0.25) is 4.79 Å². The summed E-state index contributed by atoms with van der Waals surface area (Å²) < 4.78 is 1.51. The maximum Gasteiger partial charge on any atom is 0.291 e. The molecule has 0 unspecified atom stereocenters. The first-order valence-corrected chi connectivity index (χ1v) is 6.80. The molecular weight excluding hydrogens is 252 g/mol. The fourth-order valence-electron chi connectivity index (χ4n) is 1.76. The number of nitrogens with zero attached hydrogens (tertiary/aromatic N) is 2. The highest BCUT2D eigenvalue weighted by molar-refractivity contribution is 6.32. The molecule has 100 valence electrons. The van der Waals surface area contributed by atoms with Crippen LogP contribution in [0.25, 0.3) is 0 Å². The van der Waals surface area contributed by atoms with Gasteiger partial charge in [0.2, 0.25) is 0 Å². The van der Waals surface area contributed by atoms with Crippen molar-refractivity contribution in [3.05, 3.63) is 21.6 Å². The number of nitrogens with one attached hydrogen (secondary N) is 2. The highest BCUT2D eigenvalue weighted by atomic mass is 35.5. The number of rotatable bonds is 7. The fraction of sp³-hybridized carbons (Fsp3) is 0.667. The molecule has 0 atom stereocenters. The number of aromatic nitrogens is 2. The summed E-state index contributed by atoms with van der Waals surface area (Å²) in [5.74, 6) is 0.617. The van der Waals surface area contributed by atoms with E-state index in [4.69, 9.17) is 11.6 Å². The van der Waals surface area contributed by atoms with Crippen molar-refractivity contribution in [2.45, 2.75) is 26.3 Å². The Morgan fingerprint density at radius 1 is 1.50 bits per heavy atom. The second kappa shape index (κ2) is 6.20. The van der Waals surface area contributed by atoms with E-state index in [0.29, 0.717) is 29.7 Å². The molecule has 0 radical (unpaired) electrons. The predicted molar refractivity (Wildman–Crippen MR) is 73.3 cm³/mol. The maximum atomic E-state index is 12.1. The number of hydrogen-bond donors (Lipinski definition) is 2. The molecule has 2 N–H and O–H groups in total. The molecule has 0 bridgehead atoms. The van der Waals surface area contributed by atoms with Crippen molar-refractivity contribution in [1.29, 1.82) is 0 Å². The van der Waals surface area contributed by atoms with Crippen LogP contribution in [0.5, 0.6) is 0 Å². The molecule has 1 aliphatic rings. The third-order valence-electron chi connectivity index (χ3n) is 2.98. The van der Waals surface area contributed by atoms with Crippen LogP contribution in [0.1, 0.15) is 19.8 Å². The lowest BCUT2D eigenvalue weighted by Gasteiger charge is -2.10. The largest absolute Gasteiger partial charge is 0.378 e. The van der Waals surface area contributed by atoms with Gasteiger partial charge in [-0.15, -0.1) is 0 Å². The van der Waals surface area contributed by atoms with Crippen LogP contribution < -0.4 is 16.2 Å². The molecule has 0 aliphatic heterocycles. The lowest BCUT2D eigenvalue weighted by Crippen LogP contribution is -2.29. The monoisotopic (exact) mass is 270 g/mol. The Kier molecular flexibility index (Phi) is 4.60. The fourth-order valence-corrected chi connectivity index (χ4v) is 1.95. The third-order valence-corrected chi connectivity index (χ3v) is 3.27. The molecule has 0 amide bonds. The quantitative estimate of drug-likeness (QED) is 0.734. The summed E-state index contributed by atoms with van der Waals surface area (Å²) >= 11 is 6.01. The molecule has 1 fully saturated rings. The molecule has 1 aliphatic carbocycles. The normalized spacial score (nSPS) is 14.8. The Labute approximate surface area is 112 Å². The minimum atomic E-state index is -0.120. The van der Waals surface area contributed by atoms with Crippen molar-refractivity contribution in [2.75, 3.05) is 25.0 Å². The van der Waals surface area contributed by atoms with E-state index in [1.165, 1.54) is 17.5 Å². The van der Waals surface area contributed by atoms with Gasteiger partial charge in [-0.2, -0.15) is 5.10 Å². The summed E-state index contributed by atoms with van der Waals surface area (Å²) in [5, 5.41) is 10.7. The number of hydrogen-bond acceptors (Lipinski definition) is 4. The van der Waals surface area contributed by atoms with Gasteiger partial charge in [0.25, 0.3) is 5.56 Å². The highest BCUT2D eigenvalue weighted by Gasteiger charge is 2.23. The Hall–Kier alpha value is -1.07. The first-order chi connectivity index (χ1) is 8.72. The van der Waals surface area contributed by atoms with Gasteiger partial charge in [0, 0.05) is 19.6 Å². The maximum absolute atomic E-state index is 12.1. The third kappa shape index (κ3) is 3.46. The van der Waals surface area contributed by atoms with Crippen LogP contribution in [0.2, 0.25) is 5.02 Å². The van der Waals surface area contributed by atoms with Crippen molar-refractivity contribution < 1.29 is 0 Å². The summed E-state index contributed by atoms with van der Waals surface area (Å²) in [6.07, 6.45) is 3.93. The summed E-state index contributed by atoms with van der Waals surface area (Å²) in [7, 11) is 0. The van der Waals surface area contributed by atoms with Crippen LogP contribution in [0.3, 0.4) is 0 Å². The van der Waals surface area contributed by atoms with E-state index < -0.39 is 0 Å². The van der Waals surface area contributed by atoms with Crippen LogP contribution in [0.4, 0.5) is 5.69 Å². The average molecular weight is 271 g/mol. The van der Waals surface area contributed by atoms with E-state index in [2.05, 4.69) is 15.7 Å². The number of halogens is 1. The molecule has 2 rings (SSSR count). The van der Waals surface area contributed by atoms with Crippen molar-refractivity contribution in [3.8, 4) is 0 Å². The van der Waals surface area contributed by atoms with Crippen molar-refractivity contribution in [2.24, 2.45) is 5.92 Å². The number of anilines is 1. The van der Waals surface area contributed by atoms with Gasteiger partial charge in [0.05, 0.1) is 11.2 Å². The average Bonchev–Trinajstić information content (AvgIpc) is 3.16. The van der Waals surface area contributed by atoms with E-state index in [0.717, 1.165) is 13.1 Å². The molecule has 18 heavy (non-hydrogen) atoms. The zero-order valence-electron chi connectivity index (χ0n) is 10.6. The van der Waals surface area contributed by atoms with Crippen LogP contribution in [0, 0.1) is 5.92 Å². The van der Waals surface area contributed by atoms with E-state index in [1.807, 2.05) is 6.92 Å². The SMILES string of the molecule is CCNCCNc1c(Cl)cnn(CC2CC2)c1=O. The first kappa shape index (κ1) is 13.4. The Balaban J connectivity index is 2.04. The zero-order chi connectivity index (χ0) is 13.0. The standard InChI is InChI=1S/C12H19ClN4O/c1-2-14-5-6-15-11-10(13)7-16-17(12(11)18)8-9-3-4-9/h7,9,14-15H,2-6,8H2,1H3. The molecule has 1 aromatic rings. The van der Waals surface area contributed by atoms with E-state index in [-0.39, 0.29) is 5.56 Å². The molecule has 0 aromatic carbocycles. The molecule has 5 nitrogen and oxygen atoms in total. The van der Waals surface area contributed by atoms with E-state index in [1.54, 1.807) is 6.20 Å². The highest BCUT2D eigenvalue weighted by Crippen LogP contribution is 2.30. The van der Waals surface area contributed by atoms with Gasteiger partial charge in [-0.1, -0.05) is 18.5 Å². The lowest BCUT2D eigenvalue weighted by atomic mass is 10.4. The second-order valence-corrected chi connectivity index (χ2v) is 4.99. The van der Waals surface area contributed by atoms with Gasteiger partial charge in [0.1, 0.15) is 5.69 Å². The summed E-state index contributed by atoms with van der Waals surface area (Å²) in [6, 6.07) is 0. The predicted octanol–water partition coefficient (Wildman–Crippen LogP) is 1.33. The van der Waals surface area contributed by atoms with Crippen molar-refractivity contribution in [1.82, 2.24) is 15.1 Å². The minimum absolute atomic E-state index is 0.120. The zero-order valence-corrected chi connectivity index (χ0v) is 11.3. The lowest BCUT2D eigenvalue weighted by molar-refractivity contribution is 0.534. The van der Waals surface area contributed by atoms with Crippen LogP contribution in [0.15, 0.2) is 11.0 Å². The molecule has 1 heterocycles. The molecule has 0 spiro atoms. The topological polar surface area (TPSA) is 59.0 Å². The van der Waals surface area contributed by atoms with Gasteiger partial charge >= 0.3 is 0 Å². The van der Waals surface area contributed by atoms with Crippen LogP contribution in [-0.2, 0) is 6.54 Å². The van der Waals surface area contributed by atoms with Crippen molar-refractivity contribution in [3.63, 3.8) is 0 Å². The van der Waals surface area contributed by atoms with Gasteiger partial charge in [-0.25, -0.2) is 4.68 Å². The number of likely N-dealkylation sites (N-methyl/N-ethyl adjacent to an activating group) is 1. The van der Waals surface area contributed by atoms with Gasteiger partial charge in [0.15, 0.2) is 0 Å². The summed E-state index contributed by atoms with van der Waals surface area (Å²) in [6.45, 7) is 5.14. The van der Waals surface area contributed by atoms with E-state index >= 15 is 0 Å². The molecule has 1 aromatic heterocycles. The van der Waals surface area contributed by atoms with Crippen molar-refractivity contribution >= 4 is 17.3 Å². The molecule has 1 saturated carbocycles. The Bertz CT molecular complexity index is 456. The molecule has 6 heteroatoms. The van der Waals surface area contributed by atoms with Gasteiger partial charge in [-0.05, 0) is 25.3 Å². The van der Waals surface area contributed by atoms with Crippen LogP contribution in [-0.4, -0.2) is 29.4 Å². The Morgan fingerprint density at radius 3 is 2.94 bits per heavy atom. The Morgan fingerprint density at radius 2 is 2.28 bits per heavy atom. The second-order valence-electron chi connectivity index (χ2n) is 4.58. The smallest absolute Gasteiger partial charge is 0.291 e. The summed E-state index contributed by atoms with van der Waals surface area (Å²) in [4.78, 5) is 12.1. The molecular formula is C12H19ClN4O. The van der Waals surface area contributed by atoms with Gasteiger partial charge < -0.3 is 10.6 Å².